The molecule has 0 spiro atoms. The van der Waals surface area contributed by atoms with Gasteiger partial charge in [-0.1, -0.05) is 11.6 Å². The Hall–Kier alpha value is -3.19. The van der Waals surface area contributed by atoms with Gasteiger partial charge in [0.2, 0.25) is 0 Å². The van der Waals surface area contributed by atoms with Crippen LogP contribution in [0.3, 0.4) is 0 Å². The molecular formula is C25H30O7. The van der Waals surface area contributed by atoms with E-state index in [1.54, 1.807) is 19.9 Å². The van der Waals surface area contributed by atoms with E-state index >= 15 is 0 Å². The third-order valence-electron chi connectivity index (χ3n) is 5.58. The highest BCUT2D eigenvalue weighted by Crippen LogP contribution is 2.43. The molecule has 2 aromatic rings. The average Bonchev–Trinajstić information content (AvgIpc) is 2.67. The number of aliphatic hydroxyl groups is 1. The first-order valence-electron chi connectivity index (χ1n) is 10.6. The van der Waals surface area contributed by atoms with Crippen LogP contribution < -0.4 is 4.74 Å². The van der Waals surface area contributed by atoms with Crippen LogP contribution in [0.5, 0.6) is 28.7 Å². The maximum absolute atomic E-state index is 12.6. The fourth-order valence-electron chi connectivity index (χ4n) is 3.84. The van der Waals surface area contributed by atoms with Crippen LogP contribution in [0.15, 0.2) is 35.9 Å². The van der Waals surface area contributed by atoms with Gasteiger partial charge in [-0.2, -0.15) is 0 Å². The van der Waals surface area contributed by atoms with Crippen LogP contribution in [-0.2, 0) is 6.42 Å². The van der Waals surface area contributed by atoms with E-state index in [0.717, 1.165) is 24.5 Å². The van der Waals surface area contributed by atoms with E-state index in [1.165, 1.54) is 12.1 Å². The first-order valence-corrected chi connectivity index (χ1v) is 10.6. The van der Waals surface area contributed by atoms with Crippen molar-refractivity contribution in [2.24, 2.45) is 0 Å². The summed E-state index contributed by atoms with van der Waals surface area (Å²) < 4.78 is 5.84. The van der Waals surface area contributed by atoms with Gasteiger partial charge >= 0.3 is 0 Å². The maximum Gasteiger partial charge on any atom is 0.174 e. The van der Waals surface area contributed by atoms with Gasteiger partial charge in [0.25, 0.3) is 0 Å². The van der Waals surface area contributed by atoms with Gasteiger partial charge < -0.3 is 30.3 Å². The first-order chi connectivity index (χ1) is 14.9. The molecule has 1 unspecified atom stereocenters. The zero-order valence-corrected chi connectivity index (χ0v) is 18.6. The molecule has 7 heteroatoms. The number of ketones is 1. The molecule has 3 rings (SSSR count). The number of rotatable bonds is 7. The fraction of sp³-hybridized carbons (Fsp3) is 0.400. The Balaban J connectivity index is 1.80. The molecule has 1 aliphatic rings. The van der Waals surface area contributed by atoms with Gasteiger partial charge in [-0.25, -0.2) is 0 Å². The van der Waals surface area contributed by atoms with E-state index in [4.69, 9.17) is 4.74 Å². The SMILES string of the molecule is C/C(=C\Cc1cc(C2CC(=O)c3c(O)cc(O)cc3O2)cc(O)c1O)CCCC(C)(C)O. The van der Waals surface area contributed by atoms with Crippen LogP contribution in [0.25, 0.3) is 0 Å². The minimum atomic E-state index is -0.738. The molecule has 172 valence electrons. The molecule has 1 aliphatic heterocycles. The third kappa shape index (κ3) is 5.53. The topological polar surface area (TPSA) is 127 Å². The second kappa shape index (κ2) is 9.12. The number of allylic oxidation sites excluding steroid dienone is 2. The molecule has 5 N–H and O–H groups in total. The Morgan fingerprint density at radius 3 is 2.53 bits per heavy atom. The molecule has 0 saturated carbocycles. The van der Waals surface area contributed by atoms with Crippen molar-refractivity contribution in [1.29, 1.82) is 0 Å². The van der Waals surface area contributed by atoms with Crippen molar-refractivity contribution in [3.8, 4) is 28.7 Å². The fourth-order valence-corrected chi connectivity index (χ4v) is 3.84. The summed E-state index contributed by atoms with van der Waals surface area (Å²) in [5.41, 5.74) is 1.41. The summed E-state index contributed by atoms with van der Waals surface area (Å²) >= 11 is 0. The molecule has 0 bridgehead atoms. The number of carbonyl (C=O) groups excluding carboxylic acids is 1. The van der Waals surface area contributed by atoms with E-state index in [-0.39, 0.29) is 46.5 Å². The average molecular weight is 443 g/mol. The van der Waals surface area contributed by atoms with Crippen molar-refractivity contribution in [1.82, 2.24) is 0 Å². The number of hydrogen-bond acceptors (Lipinski definition) is 7. The summed E-state index contributed by atoms with van der Waals surface area (Å²) in [5, 5.41) is 50.1. The number of phenols is 4. The first kappa shape index (κ1) is 23.5. The lowest BCUT2D eigenvalue weighted by molar-refractivity contribution is 0.0689. The maximum atomic E-state index is 12.6. The van der Waals surface area contributed by atoms with Gasteiger partial charge in [0.05, 0.1) is 12.0 Å². The van der Waals surface area contributed by atoms with Crippen LogP contribution in [0.4, 0.5) is 0 Å². The highest BCUT2D eigenvalue weighted by Gasteiger charge is 2.31. The summed E-state index contributed by atoms with van der Waals surface area (Å²) in [6, 6.07) is 5.38. The normalized spacial score (nSPS) is 16.6. The number of fused-ring (bicyclic) bond motifs is 1. The number of hydrogen-bond donors (Lipinski definition) is 5. The molecule has 1 atom stereocenters. The standard InChI is InChI=1S/C25H30O7/c1-14(5-4-8-25(2,3)31)6-7-15-9-16(10-20(29)24(15)30)21-13-19(28)23-18(27)11-17(26)12-22(23)32-21/h6,9-12,21,26-27,29-31H,4-5,7-8,13H2,1-3H3/b14-6+. The number of phenolic OH excluding ortho intramolecular Hbond substituents is 4. The predicted octanol–water partition coefficient (Wildman–Crippen LogP) is 4.65. The molecule has 1 heterocycles. The summed E-state index contributed by atoms with van der Waals surface area (Å²) in [5.74, 6) is -1.39. The van der Waals surface area contributed by atoms with E-state index in [2.05, 4.69) is 0 Å². The van der Waals surface area contributed by atoms with Crippen LogP contribution in [0.2, 0.25) is 0 Å². The smallest absolute Gasteiger partial charge is 0.174 e. The monoisotopic (exact) mass is 442 g/mol. The largest absolute Gasteiger partial charge is 0.508 e. The Kier molecular flexibility index (Phi) is 6.69. The van der Waals surface area contributed by atoms with Crippen molar-refractivity contribution in [3.63, 3.8) is 0 Å². The molecule has 0 aliphatic carbocycles. The number of ether oxygens (including phenoxy) is 1. The highest BCUT2D eigenvalue weighted by molar-refractivity contribution is 6.02. The van der Waals surface area contributed by atoms with Gasteiger partial charge in [0.15, 0.2) is 17.3 Å². The van der Waals surface area contributed by atoms with Gasteiger partial charge in [0.1, 0.15) is 28.9 Å². The van der Waals surface area contributed by atoms with Crippen LogP contribution in [0, 0.1) is 0 Å². The third-order valence-corrected chi connectivity index (χ3v) is 5.58. The molecule has 0 radical (unpaired) electrons. The minimum absolute atomic E-state index is 0.0203. The lowest BCUT2D eigenvalue weighted by atomic mass is 9.93. The van der Waals surface area contributed by atoms with Gasteiger partial charge in [-0.15, -0.1) is 0 Å². The van der Waals surface area contributed by atoms with Gasteiger partial charge in [0, 0.05) is 17.7 Å². The lowest BCUT2D eigenvalue weighted by Gasteiger charge is -2.26. The van der Waals surface area contributed by atoms with Crippen molar-refractivity contribution < 1.29 is 35.1 Å². The Bertz CT molecular complexity index is 1050. The molecule has 0 amide bonds. The molecule has 0 aromatic heterocycles. The number of Topliss-reactive ketones (excluding diaryl/α,β-unsaturated/α-hetero) is 1. The van der Waals surface area contributed by atoms with Crippen LogP contribution >= 0.6 is 0 Å². The lowest BCUT2D eigenvalue weighted by Crippen LogP contribution is -2.20. The molecular weight excluding hydrogens is 412 g/mol. The Labute approximate surface area is 187 Å². The summed E-state index contributed by atoms with van der Waals surface area (Å²) in [6.45, 7) is 5.53. The second-order valence-corrected chi connectivity index (χ2v) is 9.04. The molecule has 0 fully saturated rings. The summed E-state index contributed by atoms with van der Waals surface area (Å²) in [4.78, 5) is 12.6. The quantitative estimate of drug-likeness (QED) is 0.312. The van der Waals surface area contributed by atoms with Crippen molar-refractivity contribution in [2.45, 2.75) is 64.6 Å². The number of benzene rings is 2. The van der Waals surface area contributed by atoms with Crippen LogP contribution in [0.1, 0.15) is 74.0 Å². The zero-order valence-electron chi connectivity index (χ0n) is 18.6. The van der Waals surface area contributed by atoms with E-state index in [0.29, 0.717) is 24.0 Å². The van der Waals surface area contributed by atoms with Gasteiger partial charge in [-0.3, -0.25) is 4.79 Å². The van der Waals surface area contributed by atoms with E-state index < -0.39 is 11.7 Å². The second-order valence-electron chi connectivity index (χ2n) is 9.04. The summed E-state index contributed by atoms with van der Waals surface area (Å²) in [6.07, 6.45) is 3.86. The van der Waals surface area contributed by atoms with E-state index in [9.17, 15) is 30.3 Å². The van der Waals surface area contributed by atoms with Crippen LogP contribution in [-0.4, -0.2) is 36.9 Å². The summed E-state index contributed by atoms with van der Waals surface area (Å²) in [7, 11) is 0. The van der Waals surface area contributed by atoms with Crippen molar-refractivity contribution >= 4 is 5.78 Å². The molecule has 32 heavy (non-hydrogen) atoms. The number of aromatic hydroxyl groups is 4. The highest BCUT2D eigenvalue weighted by atomic mass is 16.5. The molecule has 0 saturated heterocycles. The number of carbonyl (C=O) groups is 1. The predicted molar refractivity (Wildman–Crippen MR) is 119 cm³/mol. The van der Waals surface area contributed by atoms with Crippen molar-refractivity contribution in [3.05, 3.63) is 52.6 Å². The molecule has 7 nitrogen and oxygen atoms in total. The van der Waals surface area contributed by atoms with E-state index in [1.807, 2.05) is 13.0 Å². The zero-order chi connectivity index (χ0) is 23.6. The Morgan fingerprint density at radius 2 is 1.84 bits per heavy atom. The molecule has 2 aromatic carbocycles. The van der Waals surface area contributed by atoms with Gasteiger partial charge in [-0.05, 0) is 64.2 Å². The Morgan fingerprint density at radius 1 is 1.12 bits per heavy atom. The minimum Gasteiger partial charge on any atom is -0.508 e. The van der Waals surface area contributed by atoms with Crippen molar-refractivity contribution in [2.75, 3.05) is 0 Å².